The van der Waals surface area contributed by atoms with Crippen molar-refractivity contribution in [2.75, 3.05) is 32.9 Å². The van der Waals surface area contributed by atoms with Crippen molar-refractivity contribution < 1.29 is 18.9 Å². The van der Waals surface area contributed by atoms with Crippen LogP contribution in [0.1, 0.15) is 6.92 Å². The predicted octanol–water partition coefficient (Wildman–Crippen LogP) is 3.37. The first-order chi connectivity index (χ1) is 10.3. The molecule has 0 fully saturated rings. The highest BCUT2D eigenvalue weighted by Gasteiger charge is 2.12. The molecule has 0 heterocycles. The summed E-state index contributed by atoms with van der Waals surface area (Å²) in [5.41, 5.74) is 6.35. The Kier molecular flexibility index (Phi) is 7.71. The van der Waals surface area contributed by atoms with Crippen molar-refractivity contribution in [3.05, 3.63) is 18.2 Å². The summed E-state index contributed by atoms with van der Waals surface area (Å²) in [7, 11) is 0.553. The highest BCUT2D eigenvalue weighted by Crippen LogP contribution is 2.29. The summed E-state index contributed by atoms with van der Waals surface area (Å²) in [6.45, 7) is 10.4. The molecule has 0 amide bonds. The first-order valence-corrected chi connectivity index (χ1v) is 11.3. The van der Waals surface area contributed by atoms with Crippen molar-refractivity contribution in [3.8, 4) is 11.5 Å². The van der Waals surface area contributed by atoms with Crippen LogP contribution in [0.15, 0.2) is 18.2 Å². The number of methoxy groups -OCH3 is 1. The standard InChI is InChI=1S/C16H29NO4Si/c1-13(21-12-19-8-9-22(3,4)5)11-20-15-7-6-14(17)10-16(15)18-2/h6-7,10,13H,8-9,11-12,17H2,1-5H3. The van der Waals surface area contributed by atoms with E-state index in [1.165, 1.54) is 0 Å². The van der Waals surface area contributed by atoms with Crippen molar-refractivity contribution in [2.45, 2.75) is 38.7 Å². The number of rotatable bonds is 10. The normalized spacial score (nSPS) is 13.0. The molecule has 0 saturated heterocycles. The van der Waals surface area contributed by atoms with E-state index >= 15 is 0 Å². The maximum atomic E-state index is 5.71. The van der Waals surface area contributed by atoms with Crippen molar-refractivity contribution in [1.29, 1.82) is 0 Å². The van der Waals surface area contributed by atoms with E-state index in [0.717, 1.165) is 12.7 Å². The molecule has 0 aliphatic carbocycles. The minimum atomic E-state index is -1.04. The monoisotopic (exact) mass is 327 g/mol. The Labute approximate surface area is 134 Å². The average Bonchev–Trinajstić information content (AvgIpc) is 2.44. The highest BCUT2D eigenvalue weighted by molar-refractivity contribution is 6.76. The third kappa shape index (κ3) is 7.68. The third-order valence-corrected chi connectivity index (χ3v) is 4.80. The summed E-state index contributed by atoms with van der Waals surface area (Å²) < 4.78 is 22.0. The zero-order chi connectivity index (χ0) is 16.6. The van der Waals surface area contributed by atoms with Crippen LogP contribution in [0.25, 0.3) is 0 Å². The molecular weight excluding hydrogens is 298 g/mol. The zero-order valence-electron chi connectivity index (χ0n) is 14.3. The van der Waals surface area contributed by atoms with Crippen molar-refractivity contribution in [2.24, 2.45) is 0 Å². The van der Waals surface area contributed by atoms with Crippen molar-refractivity contribution in [3.63, 3.8) is 0 Å². The Morgan fingerprint density at radius 1 is 1.18 bits per heavy atom. The third-order valence-electron chi connectivity index (χ3n) is 3.09. The molecule has 1 atom stereocenters. The molecule has 1 aromatic carbocycles. The number of ether oxygens (including phenoxy) is 4. The van der Waals surface area contributed by atoms with Crippen LogP contribution in [0.3, 0.4) is 0 Å². The number of nitrogens with two attached hydrogens (primary N) is 1. The zero-order valence-corrected chi connectivity index (χ0v) is 15.3. The summed E-state index contributed by atoms with van der Waals surface area (Å²) in [5, 5.41) is 0. The minimum absolute atomic E-state index is 0.0610. The lowest BCUT2D eigenvalue weighted by Gasteiger charge is -2.18. The molecule has 0 radical (unpaired) electrons. The van der Waals surface area contributed by atoms with Crippen LogP contribution in [0.4, 0.5) is 5.69 Å². The van der Waals surface area contributed by atoms with Gasteiger partial charge in [-0.1, -0.05) is 19.6 Å². The Morgan fingerprint density at radius 2 is 1.91 bits per heavy atom. The van der Waals surface area contributed by atoms with Crippen molar-refractivity contribution >= 4 is 13.8 Å². The number of benzene rings is 1. The lowest BCUT2D eigenvalue weighted by Crippen LogP contribution is -2.23. The molecule has 0 aliphatic rings. The number of anilines is 1. The summed E-state index contributed by atoms with van der Waals surface area (Å²) >= 11 is 0. The van der Waals surface area contributed by atoms with Gasteiger partial charge in [0.15, 0.2) is 11.5 Å². The quantitative estimate of drug-likeness (QED) is 0.309. The first-order valence-electron chi connectivity index (χ1n) is 7.57. The van der Waals surface area contributed by atoms with Crippen LogP contribution >= 0.6 is 0 Å². The van der Waals surface area contributed by atoms with Gasteiger partial charge in [0.25, 0.3) is 0 Å². The maximum absolute atomic E-state index is 5.71. The number of hydrogen-bond acceptors (Lipinski definition) is 5. The Morgan fingerprint density at radius 3 is 2.55 bits per heavy atom. The number of nitrogen functional groups attached to an aromatic ring is 1. The van der Waals surface area contributed by atoms with Crippen LogP contribution in [0.2, 0.25) is 25.7 Å². The second-order valence-electron chi connectivity index (χ2n) is 6.54. The van der Waals surface area contributed by atoms with E-state index in [4.69, 9.17) is 24.7 Å². The van der Waals surface area contributed by atoms with Gasteiger partial charge >= 0.3 is 0 Å². The summed E-state index contributed by atoms with van der Waals surface area (Å²) in [5.74, 6) is 1.28. The van der Waals surface area contributed by atoms with Gasteiger partial charge in [-0.2, -0.15) is 0 Å². The molecule has 1 rings (SSSR count). The molecule has 5 nitrogen and oxygen atoms in total. The van der Waals surface area contributed by atoms with Crippen LogP contribution in [-0.2, 0) is 9.47 Å². The van der Waals surface area contributed by atoms with Gasteiger partial charge in [0.05, 0.1) is 13.2 Å². The number of hydrogen-bond donors (Lipinski definition) is 1. The van der Waals surface area contributed by atoms with E-state index in [-0.39, 0.29) is 6.10 Å². The fraction of sp³-hybridized carbons (Fsp3) is 0.625. The van der Waals surface area contributed by atoms with Crippen LogP contribution in [0, 0.1) is 0 Å². The molecule has 1 unspecified atom stereocenters. The Hall–Kier alpha value is -1.24. The van der Waals surface area contributed by atoms with E-state index in [1.807, 2.05) is 6.92 Å². The molecule has 6 heteroatoms. The molecule has 0 bridgehead atoms. The SMILES string of the molecule is COc1cc(N)ccc1OCC(C)OCOCC[Si](C)(C)C. The van der Waals surface area contributed by atoms with E-state index in [9.17, 15) is 0 Å². The summed E-state index contributed by atoms with van der Waals surface area (Å²) in [6.07, 6.45) is -0.0610. The lowest BCUT2D eigenvalue weighted by molar-refractivity contribution is -0.0904. The van der Waals surface area contributed by atoms with Gasteiger partial charge < -0.3 is 24.7 Å². The predicted molar refractivity (Wildman–Crippen MR) is 92.4 cm³/mol. The second kappa shape index (κ2) is 9.02. The lowest BCUT2D eigenvalue weighted by atomic mass is 10.3. The topological polar surface area (TPSA) is 62.9 Å². The molecule has 2 N–H and O–H groups in total. The van der Waals surface area contributed by atoms with Crippen LogP contribution in [0.5, 0.6) is 11.5 Å². The van der Waals surface area contributed by atoms with E-state index < -0.39 is 8.07 Å². The first kappa shape index (κ1) is 18.8. The smallest absolute Gasteiger partial charge is 0.162 e. The van der Waals surface area contributed by atoms with Crippen LogP contribution in [-0.4, -0.2) is 41.3 Å². The van der Waals surface area contributed by atoms with Gasteiger partial charge in [-0.05, 0) is 25.1 Å². The second-order valence-corrected chi connectivity index (χ2v) is 12.2. The van der Waals surface area contributed by atoms with Gasteiger partial charge in [0.2, 0.25) is 0 Å². The van der Waals surface area contributed by atoms with Crippen LogP contribution < -0.4 is 15.2 Å². The fourth-order valence-corrected chi connectivity index (χ4v) is 2.42. The maximum Gasteiger partial charge on any atom is 0.162 e. The van der Waals surface area contributed by atoms with Gasteiger partial charge in [-0.25, -0.2) is 0 Å². The molecule has 22 heavy (non-hydrogen) atoms. The van der Waals surface area contributed by atoms with Gasteiger partial charge in [0, 0.05) is 26.4 Å². The van der Waals surface area contributed by atoms with Gasteiger partial charge in [0.1, 0.15) is 13.4 Å². The molecule has 1 aromatic rings. The molecule has 126 valence electrons. The fourth-order valence-electron chi connectivity index (χ4n) is 1.66. The minimum Gasteiger partial charge on any atom is -0.493 e. The van der Waals surface area contributed by atoms with E-state index in [0.29, 0.717) is 30.6 Å². The highest BCUT2D eigenvalue weighted by atomic mass is 28.3. The van der Waals surface area contributed by atoms with E-state index in [2.05, 4.69) is 19.6 Å². The van der Waals surface area contributed by atoms with E-state index in [1.54, 1.807) is 25.3 Å². The molecule has 0 saturated carbocycles. The Balaban J connectivity index is 2.24. The molecule has 0 aliphatic heterocycles. The molecular formula is C16H29NO4Si. The van der Waals surface area contributed by atoms with Gasteiger partial charge in [-0.3, -0.25) is 0 Å². The Bertz CT molecular complexity index is 448. The summed E-state index contributed by atoms with van der Waals surface area (Å²) in [4.78, 5) is 0. The molecule has 0 aromatic heterocycles. The van der Waals surface area contributed by atoms with Gasteiger partial charge in [-0.15, -0.1) is 0 Å². The average molecular weight is 327 g/mol. The largest absolute Gasteiger partial charge is 0.493 e. The summed E-state index contributed by atoms with van der Waals surface area (Å²) in [6, 6.07) is 6.46. The van der Waals surface area contributed by atoms with Crippen molar-refractivity contribution in [1.82, 2.24) is 0 Å². The molecule has 0 spiro atoms.